The molecule has 0 saturated heterocycles. The van der Waals surface area contributed by atoms with E-state index in [1.165, 1.54) is 194 Å². The van der Waals surface area contributed by atoms with Crippen LogP contribution in [0.4, 0.5) is 51.2 Å². The van der Waals surface area contributed by atoms with Crippen LogP contribution >= 0.6 is 0 Å². The molecule has 16 aromatic carbocycles. The van der Waals surface area contributed by atoms with Crippen molar-refractivity contribution in [2.45, 2.75) is 172 Å². The Hall–Kier alpha value is -14.9. The summed E-state index contributed by atoms with van der Waals surface area (Å²) in [5.41, 5.74) is 39.1. The number of benzene rings is 16. The van der Waals surface area contributed by atoms with Gasteiger partial charge >= 0.3 is 0 Å². The molecule has 25 rings (SSSR count). The van der Waals surface area contributed by atoms with Crippen LogP contribution in [0.2, 0.25) is 0 Å². The second kappa shape index (κ2) is 34.4. The van der Waals surface area contributed by atoms with Gasteiger partial charge in [0.1, 0.15) is 0 Å². The molecule has 6 heteroatoms. The predicted molar refractivity (Wildman–Crippen MR) is 577 cm³/mol. The molecule has 19 aromatic rings. The Kier molecular flexibility index (Phi) is 21.2. The summed E-state index contributed by atoms with van der Waals surface area (Å²) < 4.78 is 0. The highest BCUT2D eigenvalue weighted by molar-refractivity contribution is 6.15. The minimum Gasteiger partial charge on any atom is -0.310 e. The predicted octanol–water partition coefficient (Wildman–Crippen LogP) is 36.0. The molecule has 3 aliphatic carbocycles. The van der Waals surface area contributed by atoms with E-state index >= 15 is 0 Å². The Morgan fingerprint density at radius 3 is 0.717 bits per heavy atom. The highest BCUT2D eigenvalue weighted by Gasteiger charge is 2.65. The number of aromatic nitrogens is 3. The van der Waals surface area contributed by atoms with Crippen molar-refractivity contribution in [3.05, 3.63) is 466 Å². The average Bonchev–Trinajstić information content (AvgIpc) is 1.45. The van der Waals surface area contributed by atoms with Crippen molar-refractivity contribution in [1.29, 1.82) is 0 Å². The topological polar surface area (TPSA) is 48.4 Å². The Labute approximate surface area is 812 Å². The van der Waals surface area contributed by atoms with E-state index in [4.69, 9.17) is 15.0 Å². The van der Waals surface area contributed by atoms with Gasteiger partial charge in [0.25, 0.3) is 0 Å². The van der Waals surface area contributed by atoms with Gasteiger partial charge in [-0.15, -0.1) is 0 Å². The monoisotopic (exact) mass is 1780 g/mol. The van der Waals surface area contributed by atoms with Gasteiger partial charge in [-0.05, 0) is 298 Å². The van der Waals surface area contributed by atoms with Gasteiger partial charge in [0.2, 0.25) is 0 Å². The van der Waals surface area contributed by atoms with Crippen LogP contribution in [-0.2, 0) is 16.2 Å². The summed E-state index contributed by atoms with van der Waals surface area (Å²) in [6.07, 6.45) is 23.9. The Bertz CT molecular complexity index is 7090. The first-order chi connectivity index (χ1) is 68.3. The van der Waals surface area contributed by atoms with Crippen LogP contribution < -0.4 is 14.7 Å². The molecule has 0 fully saturated rings. The highest BCUT2D eigenvalue weighted by Crippen LogP contribution is 2.78. The zero-order valence-electron chi connectivity index (χ0n) is 79.9. The molecule has 138 heavy (non-hydrogen) atoms. The molecule has 672 valence electrons. The van der Waals surface area contributed by atoms with Crippen LogP contribution in [0.5, 0.6) is 0 Å². The molecule has 0 bridgehead atoms. The van der Waals surface area contributed by atoms with E-state index < -0.39 is 16.2 Å². The van der Waals surface area contributed by atoms with E-state index in [2.05, 4.69) is 420 Å². The number of rotatable bonds is 24. The zero-order chi connectivity index (χ0) is 92.5. The lowest BCUT2D eigenvalue weighted by Crippen LogP contribution is -2.39. The molecule has 6 aliphatic rings. The fraction of sp³-hybridized carbons (Fsp3) is 0.205. The number of fused-ring (bicyclic) bond motifs is 33. The van der Waals surface area contributed by atoms with E-state index in [1.807, 2.05) is 18.6 Å². The Balaban J connectivity index is 0.880. The third-order valence-corrected chi connectivity index (χ3v) is 32.7. The highest BCUT2D eigenvalue weighted by atomic mass is 15.2. The summed E-state index contributed by atoms with van der Waals surface area (Å²) in [5.74, 6) is 1.39. The number of anilines is 9. The quantitative estimate of drug-likeness (QED) is 0.0562. The Morgan fingerprint density at radius 1 is 0.232 bits per heavy atom. The Morgan fingerprint density at radius 2 is 0.471 bits per heavy atom. The fourth-order valence-corrected chi connectivity index (χ4v) is 26.5. The molecule has 6 heterocycles. The van der Waals surface area contributed by atoms with E-state index in [0.29, 0.717) is 17.8 Å². The molecule has 6 nitrogen and oxygen atoms in total. The van der Waals surface area contributed by atoms with Gasteiger partial charge in [0.05, 0.1) is 67.5 Å². The van der Waals surface area contributed by atoms with E-state index in [-0.39, 0.29) is 0 Å². The van der Waals surface area contributed by atoms with Crippen LogP contribution in [0.1, 0.15) is 239 Å². The van der Waals surface area contributed by atoms with Crippen LogP contribution in [0.3, 0.4) is 0 Å². The molecule has 3 unspecified atom stereocenters. The maximum absolute atomic E-state index is 5.56. The molecule has 0 saturated carbocycles. The van der Waals surface area contributed by atoms with Gasteiger partial charge in [-0.3, -0.25) is 15.0 Å². The van der Waals surface area contributed by atoms with Crippen molar-refractivity contribution in [1.82, 2.24) is 15.0 Å². The van der Waals surface area contributed by atoms with Crippen molar-refractivity contribution >= 4 is 83.5 Å². The second-order valence-electron chi connectivity index (χ2n) is 39.6. The molecule has 0 radical (unpaired) electrons. The van der Waals surface area contributed by atoms with Crippen molar-refractivity contribution in [2.24, 2.45) is 0 Å². The average molecular weight is 1780 g/mol. The molecular formula is C132H114N6. The van der Waals surface area contributed by atoms with Crippen LogP contribution in [0, 0.1) is 0 Å². The van der Waals surface area contributed by atoms with E-state index in [0.717, 1.165) is 137 Å². The lowest BCUT2D eigenvalue weighted by molar-refractivity contribution is 0.553. The number of nitrogens with zero attached hydrogens (tertiary/aromatic N) is 6. The van der Waals surface area contributed by atoms with Crippen LogP contribution in [-0.4, -0.2) is 15.0 Å². The van der Waals surface area contributed by atoms with Crippen LogP contribution in [0.15, 0.2) is 383 Å². The third-order valence-electron chi connectivity index (χ3n) is 32.7. The van der Waals surface area contributed by atoms with E-state index in [1.54, 1.807) is 0 Å². The van der Waals surface area contributed by atoms with Crippen molar-refractivity contribution in [3.8, 4) is 67.2 Å². The molecule has 3 spiro atoms. The first kappa shape index (κ1) is 84.9. The molecule has 0 N–H and O–H groups in total. The molecule has 3 atom stereocenters. The molecule has 0 amide bonds. The summed E-state index contributed by atoms with van der Waals surface area (Å²) in [6.45, 7) is 14.1. The standard InChI is InChI=1S/C132H114N6/c1-7-13-16-37-85(10-4)88-58-67-97(68-59-88)136-115-52-31-25-46-106(115)130(107-47-26-32-53-116(107)136)112-82-94(127-100-43-22-19-40-91(100)76-79-133-127)64-73-103(112)121-124(130)122-104-74-65-95(128-101-44-23-20-41-92(101)77-80-134-128)83-113(104)131(108-48-27-33-54-117(108)137(118-55-34-28-49-109(118)131)98-69-60-89(61-70-98)86(11-5)38-17-14-8-2)126(122)123-105-75-66-96(129-102-45-24-21-42-93(102)78-81-135-129)84-114(105)132(125(121)123)110-50-29-35-56-119(110)138(120-57-36-30-51-111(120)132)99-71-62-90(63-72-99)87(12-6)39-18-15-9-3/h19-36,40-87H,7-18,37-39H2,1-6H3. The minimum absolute atomic E-state index is 0.463. The number of pyridine rings is 3. The summed E-state index contributed by atoms with van der Waals surface area (Å²) >= 11 is 0. The lowest BCUT2D eigenvalue weighted by Gasteiger charge is -2.48. The van der Waals surface area contributed by atoms with Crippen molar-refractivity contribution in [2.75, 3.05) is 14.7 Å². The summed E-state index contributed by atoms with van der Waals surface area (Å²) in [7, 11) is 0. The third kappa shape index (κ3) is 12.6. The molecule has 3 aliphatic heterocycles. The smallest absolute Gasteiger partial charge is 0.0780 e. The molecule has 3 aromatic heterocycles. The number of para-hydroxylation sites is 6. The maximum Gasteiger partial charge on any atom is 0.0780 e. The van der Waals surface area contributed by atoms with E-state index in [9.17, 15) is 0 Å². The van der Waals surface area contributed by atoms with Crippen LogP contribution in [0.25, 0.3) is 99.5 Å². The first-order valence-electron chi connectivity index (χ1n) is 51.3. The van der Waals surface area contributed by atoms with Gasteiger partial charge in [-0.2, -0.15) is 0 Å². The van der Waals surface area contributed by atoms with Crippen molar-refractivity contribution in [3.63, 3.8) is 0 Å². The van der Waals surface area contributed by atoms with Gasteiger partial charge < -0.3 is 14.7 Å². The van der Waals surface area contributed by atoms with Crippen molar-refractivity contribution < 1.29 is 0 Å². The van der Waals surface area contributed by atoms with Gasteiger partial charge in [0.15, 0.2) is 0 Å². The van der Waals surface area contributed by atoms with Gasteiger partial charge in [-0.25, -0.2) is 0 Å². The summed E-state index contributed by atoms with van der Waals surface area (Å²) in [4.78, 5) is 24.6. The summed E-state index contributed by atoms with van der Waals surface area (Å²) in [5, 5.41) is 6.77. The second-order valence-corrected chi connectivity index (χ2v) is 39.6. The lowest BCUT2D eigenvalue weighted by atomic mass is 9.58. The SMILES string of the molecule is CCCCCC(CC)c1ccc(N2c3ccccc3C3(c4cc(-c5nccc6ccccc56)ccc4-c4c3c3c(c5c4C4(c6cc(-c7nccc8ccccc78)ccc6-5)c5ccccc5N(c5ccc(C(CC)CCCCC)cc5)c5ccccc54)C4(c5cc(-c6nccc7ccccc67)ccc5-3)c3ccccc3N(c3ccc(C(CC)CCCCC)cc3)c3ccccc34)c3ccccc32)cc1. The largest absolute Gasteiger partial charge is 0.310 e. The number of hydrogen-bond donors (Lipinski definition) is 0. The first-order valence-corrected chi connectivity index (χ1v) is 51.3. The number of hydrogen-bond acceptors (Lipinski definition) is 6. The maximum atomic E-state index is 5.56. The summed E-state index contributed by atoms with van der Waals surface area (Å²) in [6, 6.07) is 143. The normalized spacial score (nSPS) is 14.8. The van der Waals surface area contributed by atoms with Gasteiger partial charge in [-0.1, -0.05) is 354 Å². The number of unbranched alkanes of at least 4 members (excludes halogenated alkanes) is 6. The molecular weight excluding hydrogens is 1670 g/mol. The minimum atomic E-state index is -1.12. The van der Waals surface area contributed by atoms with Gasteiger partial charge in [0, 0.05) is 68.5 Å². The fourth-order valence-electron chi connectivity index (χ4n) is 26.5. The zero-order valence-corrected chi connectivity index (χ0v) is 79.9.